The summed E-state index contributed by atoms with van der Waals surface area (Å²) in [4.78, 5) is 4.25. The standard InChI is InChI=1S/C10H13F2N3OS/c11-9(12)6-16-4-3-14-7-1-2-8(10(13)17)15-5-7/h1-2,5,9,14H,3-4,6H2,(H2,13,17). The van der Waals surface area contributed by atoms with Gasteiger partial charge in [-0.05, 0) is 12.1 Å². The fourth-order valence-electron chi connectivity index (χ4n) is 1.08. The summed E-state index contributed by atoms with van der Waals surface area (Å²) < 4.78 is 28.2. The van der Waals surface area contributed by atoms with Crippen LogP contribution >= 0.6 is 12.2 Å². The van der Waals surface area contributed by atoms with E-state index in [2.05, 4.69) is 10.3 Å². The van der Waals surface area contributed by atoms with Gasteiger partial charge in [0.25, 0.3) is 6.43 Å². The van der Waals surface area contributed by atoms with Gasteiger partial charge in [0.15, 0.2) is 0 Å². The van der Waals surface area contributed by atoms with E-state index >= 15 is 0 Å². The maximum atomic E-state index is 11.7. The number of nitrogens with one attached hydrogen (secondary N) is 1. The molecule has 0 aliphatic rings. The summed E-state index contributed by atoms with van der Waals surface area (Å²) in [5.74, 6) is 0. The maximum absolute atomic E-state index is 11.7. The molecule has 0 fully saturated rings. The second kappa shape index (κ2) is 7.08. The summed E-state index contributed by atoms with van der Waals surface area (Å²) >= 11 is 4.76. The van der Waals surface area contributed by atoms with Crippen molar-refractivity contribution in [3.05, 3.63) is 24.0 Å². The number of thiocarbonyl (C=S) groups is 1. The Kier molecular flexibility index (Phi) is 5.71. The molecule has 1 aromatic rings. The molecular weight excluding hydrogens is 248 g/mol. The molecule has 7 heteroatoms. The zero-order chi connectivity index (χ0) is 12.7. The maximum Gasteiger partial charge on any atom is 0.261 e. The Bertz CT molecular complexity index is 359. The second-order valence-electron chi connectivity index (χ2n) is 3.19. The number of anilines is 1. The van der Waals surface area contributed by atoms with Crippen LogP contribution in [0.2, 0.25) is 0 Å². The van der Waals surface area contributed by atoms with E-state index in [4.69, 9.17) is 22.7 Å². The number of nitrogens with two attached hydrogens (primary N) is 1. The molecule has 0 spiro atoms. The molecular formula is C10H13F2N3OS. The molecule has 0 saturated heterocycles. The van der Waals surface area contributed by atoms with Gasteiger partial charge >= 0.3 is 0 Å². The molecule has 0 aliphatic heterocycles. The lowest BCUT2D eigenvalue weighted by Gasteiger charge is -2.07. The smallest absolute Gasteiger partial charge is 0.261 e. The number of rotatable bonds is 7. The molecule has 0 unspecified atom stereocenters. The van der Waals surface area contributed by atoms with Crippen molar-refractivity contribution in [2.75, 3.05) is 25.1 Å². The van der Waals surface area contributed by atoms with Crippen LogP contribution in [0.15, 0.2) is 18.3 Å². The Labute approximate surface area is 103 Å². The highest BCUT2D eigenvalue weighted by Crippen LogP contribution is 2.05. The van der Waals surface area contributed by atoms with Gasteiger partial charge in [0.05, 0.1) is 24.2 Å². The van der Waals surface area contributed by atoms with Crippen molar-refractivity contribution < 1.29 is 13.5 Å². The van der Waals surface area contributed by atoms with E-state index in [-0.39, 0.29) is 11.6 Å². The monoisotopic (exact) mass is 261 g/mol. The quantitative estimate of drug-likeness (QED) is 0.574. The molecule has 0 bridgehead atoms. The summed E-state index contributed by atoms with van der Waals surface area (Å²) in [6, 6.07) is 3.44. The summed E-state index contributed by atoms with van der Waals surface area (Å²) in [5.41, 5.74) is 6.69. The fraction of sp³-hybridized carbons (Fsp3) is 0.400. The molecule has 0 aromatic carbocycles. The molecule has 1 heterocycles. The van der Waals surface area contributed by atoms with Gasteiger partial charge in [0.2, 0.25) is 0 Å². The average molecular weight is 261 g/mol. The molecule has 1 rings (SSSR count). The average Bonchev–Trinajstić information content (AvgIpc) is 2.29. The molecule has 0 amide bonds. The lowest BCUT2D eigenvalue weighted by molar-refractivity contribution is 0.0215. The van der Waals surface area contributed by atoms with Gasteiger partial charge < -0.3 is 15.8 Å². The van der Waals surface area contributed by atoms with Crippen LogP contribution < -0.4 is 11.1 Å². The minimum atomic E-state index is -2.43. The van der Waals surface area contributed by atoms with Gasteiger partial charge in [-0.1, -0.05) is 12.2 Å². The Morgan fingerprint density at radius 1 is 1.53 bits per heavy atom. The van der Waals surface area contributed by atoms with Gasteiger partial charge in [0.1, 0.15) is 11.6 Å². The first-order valence-corrected chi connectivity index (χ1v) is 5.36. The Hall–Kier alpha value is -1.34. The third-order valence-electron chi connectivity index (χ3n) is 1.84. The predicted octanol–water partition coefficient (Wildman–Crippen LogP) is 1.41. The van der Waals surface area contributed by atoms with E-state index in [0.717, 1.165) is 5.69 Å². The highest BCUT2D eigenvalue weighted by atomic mass is 32.1. The largest absolute Gasteiger partial charge is 0.388 e. The van der Waals surface area contributed by atoms with Crippen molar-refractivity contribution in [1.29, 1.82) is 0 Å². The van der Waals surface area contributed by atoms with Crippen molar-refractivity contribution in [2.45, 2.75) is 6.43 Å². The normalized spacial score (nSPS) is 10.5. The van der Waals surface area contributed by atoms with E-state index < -0.39 is 13.0 Å². The van der Waals surface area contributed by atoms with Gasteiger partial charge in [-0.25, -0.2) is 8.78 Å². The van der Waals surface area contributed by atoms with Crippen LogP contribution in [-0.2, 0) is 4.74 Å². The molecule has 4 nitrogen and oxygen atoms in total. The fourth-order valence-corrected chi connectivity index (χ4v) is 1.20. The van der Waals surface area contributed by atoms with Crippen molar-refractivity contribution in [2.24, 2.45) is 5.73 Å². The Balaban J connectivity index is 2.25. The van der Waals surface area contributed by atoms with Crippen LogP contribution in [0.3, 0.4) is 0 Å². The zero-order valence-corrected chi connectivity index (χ0v) is 9.84. The third-order valence-corrected chi connectivity index (χ3v) is 2.04. The lowest BCUT2D eigenvalue weighted by atomic mass is 10.3. The first-order chi connectivity index (χ1) is 8.09. The number of aromatic nitrogens is 1. The molecule has 0 aliphatic carbocycles. The van der Waals surface area contributed by atoms with Crippen LogP contribution in [0.5, 0.6) is 0 Å². The molecule has 94 valence electrons. The molecule has 0 atom stereocenters. The molecule has 0 saturated carbocycles. The van der Waals surface area contributed by atoms with E-state index in [1.165, 1.54) is 0 Å². The number of ether oxygens (including phenoxy) is 1. The third kappa shape index (κ3) is 5.50. The van der Waals surface area contributed by atoms with Crippen LogP contribution in [0, 0.1) is 0 Å². The zero-order valence-electron chi connectivity index (χ0n) is 9.03. The predicted molar refractivity (Wildman–Crippen MR) is 65.4 cm³/mol. The number of nitrogens with zero attached hydrogens (tertiary/aromatic N) is 1. The number of pyridine rings is 1. The highest BCUT2D eigenvalue weighted by Gasteiger charge is 2.01. The molecule has 1 aromatic heterocycles. The number of hydrogen-bond acceptors (Lipinski definition) is 4. The summed E-state index contributed by atoms with van der Waals surface area (Å²) in [6.45, 7) is 0.0997. The van der Waals surface area contributed by atoms with Crippen molar-refractivity contribution >= 4 is 22.9 Å². The first kappa shape index (κ1) is 13.7. The van der Waals surface area contributed by atoms with Gasteiger partial charge in [-0.2, -0.15) is 0 Å². The Morgan fingerprint density at radius 2 is 2.29 bits per heavy atom. The summed E-state index contributed by atoms with van der Waals surface area (Å²) in [6.07, 6.45) is -0.858. The summed E-state index contributed by atoms with van der Waals surface area (Å²) in [7, 11) is 0. The molecule has 3 N–H and O–H groups in total. The van der Waals surface area contributed by atoms with E-state index in [9.17, 15) is 8.78 Å². The van der Waals surface area contributed by atoms with Gasteiger partial charge in [0, 0.05) is 6.54 Å². The van der Waals surface area contributed by atoms with E-state index in [0.29, 0.717) is 12.2 Å². The summed E-state index contributed by atoms with van der Waals surface area (Å²) in [5, 5.41) is 2.97. The number of hydrogen-bond donors (Lipinski definition) is 2. The van der Waals surface area contributed by atoms with Crippen LogP contribution in [-0.4, -0.2) is 36.2 Å². The molecule has 17 heavy (non-hydrogen) atoms. The highest BCUT2D eigenvalue weighted by molar-refractivity contribution is 7.80. The van der Waals surface area contributed by atoms with Crippen molar-refractivity contribution in [1.82, 2.24) is 4.98 Å². The van der Waals surface area contributed by atoms with Gasteiger partial charge in [-0.3, -0.25) is 4.98 Å². The molecule has 0 radical (unpaired) electrons. The van der Waals surface area contributed by atoms with E-state index in [1.54, 1.807) is 18.3 Å². The Morgan fingerprint density at radius 3 is 2.82 bits per heavy atom. The topological polar surface area (TPSA) is 60.2 Å². The SMILES string of the molecule is NC(=S)c1ccc(NCCOCC(F)F)cn1. The minimum Gasteiger partial charge on any atom is -0.388 e. The first-order valence-electron chi connectivity index (χ1n) is 4.95. The minimum absolute atomic E-state index is 0.210. The van der Waals surface area contributed by atoms with Crippen molar-refractivity contribution in [3.63, 3.8) is 0 Å². The van der Waals surface area contributed by atoms with E-state index in [1.807, 2.05) is 0 Å². The van der Waals surface area contributed by atoms with Crippen LogP contribution in [0.4, 0.5) is 14.5 Å². The number of halogens is 2. The number of alkyl halides is 2. The van der Waals surface area contributed by atoms with Crippen LogP contribution in [0.1, 0.15) is 5.69 Å². The van der Waals surface area contributed by atoms with Crippen molar-refractivity contribution in [3.8, 4) is 0 Å². The van der Waals surface area contributed by atoms with Crippen LogP contribution in [0.25, 0.3) is 0 Å². The van der Waals surface area contributed by atoms with Gasteiger partial charge in [-0.15, -0.1) is 0 Å². The second-order valence-corrected chi connectivity index (χ2v) is 3.63. The lowest BCUT2D eigenvalue weighted by Crippen LogP contribution is -2.14.